The molecule has 8 nitrogen and oxygen atoms in total. The van der Waals surface area contributed by atoms with Crippen molar-refractivity contribution in [3.8, 4) is 0 Å². The molecule has 1 saturated heterocycles. The van der Waals surface area contributed by atoms with Crippen LogP contribution in [0.4, 0.5) is 0 Å². The second-order valence-electron chi connectivity index (χ2n) is 6.07. The van der Waals surface area contributed by atoms with Gasteiger partial charge in [-0.05, 0) is 25.8 Å². The Hall–Kier alpha value is -1.87. The molecule has 1 aromatic rings. The Kier molecular flexibility index (Phi) is 5.34. The number of aromatic carboxylic acids is 1. The Bertz CT molecular complexity index is 739. The van der Waals surface area contributed by atoms with Gasteiger partial charge >= 0.3 is 5.97 Å². The third kappa shape index (κ3) is 3.96. The van der Waals surface area contributed by atoms with Crippen LogP contribution in [-0.4, -0.2) is 60.5 Å². The Morgan fingerprint density at radius 2 is 2.08 bits per heavy atom. The number of amides is 1. The van der Waals surface area contributed by atoms with Crippen molar-refractivity contribution in [1.29, 1.82) is 0 Å². The number of carbonyl (C=O) groups excluding carboxylic acids is 1. The minimum Gasteiger partial charge on any atom is -0.478 e. The lowest BCUT2D eigenvalue weighted by Crippen LogP contribution is -2.51. The highest BCUT2D eigenvalue weighted by Gasteiger charge is 2.36. The van der Waals surface area contributed by atoms with Crippen molar-refractivity contribution in [2.75, 3.05) is 19.8 Å². The second kappa shape index (κ2) is 6.94. The van der Waals surface area contributed by atoms with Gasteiger partial charge in [0.1, 0.15) is 23.1 Å². The Morgan fingerprint density at radius 3 is 2.62 bits per heavy atom. The standard InChI is InChI=1S/C15H22N2O6S/c1-10-12(15(19)20)8-11(23-10)9-16(2)14(18)13-6-4-5-7-17(13)24(3,21)22/h8,13H,4-7,9H2,1-3H3,(H,19,20). The fraction of sp³-hybridized carbons (Fsp3) is 0.600. The summed E-state index contributed by atoms with van der Waals surface area (Å²) in [5.74, 6) is -0.783. The van der Waals surface area contributed by atoms with E-state index in [1.807, 2.05) is 0 Å². The van der Waals surface area contributed by atoms with E-state index in [0.717, 1.165) is 19.1 Å². The number of aryl methyl sites for hydroxylation is 1. The van der Waals surface area contributed by atoms with E-state index < -0.39 is 22.0 Å². The maximum atomic E-state index is 12.6. The molecule has 1 aliphatic rings. The molecule has 1 unspecified atom stereocenters. The highest BCUT2D eigenvalue weighted by Crippen LogP contribution is 2.23. The number of nitrogens with zero attached hydrogens (tertiary/aromatic N) is 2. The lowest BCUT2D eigenvalue weighted by atomic mass is 10.0. The number of carbonyl (C=O) groups is 2. The number of carboxylic acids is 1. The van der Waals surface area contributed by atoms with Crippen molar-refractivity contribution >= 4 is 21.9 Å². The third-order valence-corrected chi connectivity index (χ3v) is 5.42. The van der Waals surface area contributed by atoms with Gasteiger partial charge in [-0.3, -0.25) is 4.79 Å². The minimum atomic E-state index is -3.46. The van der Waals surface area contributed by atoms with Crippen molar-refractivity contribution in [2.24, 2.45) is 0 Å². The summed E-state index contributed by atoms with van der Waals surface area (Å²) >= 11 is 0. The largest absolute Gasteiger partial charge is 0.478 e. The monoisotopic (exact) mass is 358 g/mol. The first-order valence-corrected chi connectivity index (χ1v) is 9.50. The van der Waals surface area contributed by atoms with E-state index in [2.05, 4.69) is 0 Å². The number of likely N-dealkylation sites (N-methyl/N-ethyl adjacent to an activating group) is 1. The van der Waals surface area contributed by atoms with Gasteiger partial charge in [-0.1, -0.05) is 6.42 Å². The van der Waals surface area contributed by atoms with Crippen LogP contribution in [0.5, 0.6) is 0 Å². The molecule has 1 aliphatic heterocycles. The van der Waals surface area contributed by atoms with Crippen LogP contribution in [-0.2, 0) is 21.4 Å². The molecular formula is C15H22N2O6S. The first-order valence-electron chi connectivity index (χ1n) is 7.65. The van der Waals surface area contributed by atoms with E-state index in [9.17, 15) is 18.0 Å². The van der Waals surface area contributed by atoms with E-state index in [-0.39, 0.29) is 23.8 Å². The minimum absolute atomic E-state index is 0.0567. The molecule has 0 bridgehead atoms. The number of hydrogen-bond donors (Lipinski definition) is 1. The quantitative estimate of drug-likeness (QED) is 0.843. The van der Waals surface area contributed by atoms with Crippen LogP contribution in [0.25, 0.3) is 0 Å². The summed E-state index contributed by atoms with van der Waals surface area (Å²) < 4.78 is 30.4. The molecule has 0 saturated carbocycles. The molecule has 1 N–H and O–H groups in total. The summed E-state index contributed by atoms with van der Waals surface area (Å²) in [6.45, 7) is 1.97. The molecule has 1 amide bonds. The van der Waals surface area contributed by atoms with Gasteiger partial charge in [-0.15, -0.1) is 0 Å². The third-order valence-electron chi connectivity index (χ3n) is 4.13. The number of rotatable bonds is 5. The average Bonchev–Trinajstić information content (AvgIpc) is 2.86. The van der Waals surface area contributed by atoms with Gasteiger partial charge in [0.05, 0.1) is 12.8 Å². The molecule has 134 valence electrons. The zero-order chi connectivity index (χ0) is 18.1. The summed E-state index contributed by atoms with van der Waals surface area (Å²) in [5, 5.41) is 9.04. The van der Waals surface area contributed by atoms with E-state index in [0.29, 0.717) is 18.7 Å². The average molecular weight is 358 g/mol. The lowest BCUT2D eigenvalue weighted by molar-refractivity contribution is -0.135. The van der Waals surface area contributed by atoms with E-state index >= 15 is 0 Å². The number of hydrogen-bond acceptors (Lipinski definition) is 5. The predicted molar refractivity (Wildman–Crippen MR) is 86.1 cm³/mol. The van der Waals surface area contributed by atoms with E-state index in [4.69, 9.17) is 9.52 Å². The lowest BCUT2D eigenvalue weighted by Gasteiger charge is -2.34. The van der Waals surface area contributed by atoms with E-state index in [1.54, 1.807) is 14.0 Å². The Morgan fingerprint density at radius 1 is 1.42 bits per heavy atom. The number of furan rings is 1. The number of sulfonamides is 1. The van der Waals surface area contributed by atoms with Crippen LogP contribution in [0.2, 0.25) is 0 Å². The molecule has 0 aliphatic carbocycles. The smallest absolute Gasteiger partial charge is 0.339 e. The van der Waals surface area contributed by atoms with Gasteiger partial charge in [-0.25, -0.2) is 13.2 Å². The molecular weight excluding hydrogens is 336 g/mol. The SMILES string of the molecule is Cc1oc(CN(C)C(=O)C2CCCCN2S(C)(=O)=O)cc1C(=O)O. The first kappa shape index (κ1) is 18.5. The molecule has 9 heteroatoms. The number of piperidine rings is 1. The molecule has 1 aromatic heterocycles. The van der Waals surface area contributed by atoms with Gasteiger partial charge in [-0.2, -0.15) is 4.31 Å². The molecule has 24 heavy (non-hydrogen) atoms. The second-order valence-corrected chi connectivity index (χ2v) is 8.00. The summed E-state index contributed by atoms with van der Waals surface area (Å²) in [5.41, 5.74) is 0.0567. The first-order chi connectivity index (χ1) is 11.1. The van der Waals surface area contributed by atoms with Crippen molar-refractivity contribution in [1.82, 2.24) is 9.21 Å². The topological polar surface area (TPSA) is 108 Å². The normalized spacial score (nSPS) is 19.2. The van der Waals surface area contributed by atoms with Crippen molar-refractivity contribution in [3.63, 3.8) is 0 Å². The number of carboxylic acid groups (broad SMARTS) is 1. The van der Waals surface area contributed by atoms with Crippen LogP contribution in [0.1, 0.15) is 41.1 Å². The fourth-order valence-electron chi connectivity index (χ4n) is 2.95. The summed E-state index contributed by atoms with van der Waals surface area (Å²) in [6, 6.07) is 0.671. The predicted octanol–water partition coefficient (Wildman–Crippen LogP) is 1.06. The summed E-state index contributed by atoms with van der Waals surface area (Å²) in [7, 11) is -1.90. The Labute approximate surface area is 141 Å². The maximum Gasteiger partial charge on any atom is 0.339 e. The summed E-state index contributed by atoms with van der Waals surface area (Å²) in [4.78, 5) is 25.1. The van der Waals surface area contributed by atoms with E-state index in [1.165, 1.54) is 15.3 Å². The van der Waals surface area contributed by atoms with Crippen LogP contribution in [0.15, 0.2) is 10.5 Å². The molecule has 2 heterocycles. The zero-order valence-corrected chi connectivity index (χ0v) is 14.8. The van der Waals surface area contributed by atoms with Crippen LogP contribution in [0.3, 0.4) is 0 Å². The highest BCUT2D eigenvalue weighted by atomic mass is 32.2. The van der Waals surface area contributed by atoms with Gasteiger partial charge in [0.2, 0.25) is 15.9 Å². The fourth-order valence-corrected chi connectivity index (χ4v) is 4.07. The maximum absolute atomic E-state index is 12.6. The Balaban J connectivity index is 2.13. The molecule has 2 rings (SSSR count). The van der Waals surface area contributed by atoms with Crippen LogP contribution < -0.4 is 0 Å². The van der Waals surface area contributed by atoms with Gasteiger partial charge in [0.25, 0.3) is 0 Å². The van der Waals surface area contributed by atoms with Crippen molar-refractivity contribution in [3.05, 3.63) is 23.2 Å². The molecule has 0 radical (unpaired) electrons. The zero-order valence-electron chi connectivity index (χ0n) is 14.0. The molecule has 1 fully saturated rings. The van der Waals surface area contributed by atoms with Gasteiger partial charge in [0.15, 0.2) is 0 Å². The molecule has 1 atom stereocenters. The highest BCUT2D eigenvalue weighted by molar-refractivity contribution is 7.88. The molecule has 0 spiro atoms. The molecule has 0 aromatic carbocycles. The van der Waals surface area contributed by atoms with Crippen molar-refractivity contribution < 1.29 is 27.5 Å². The van der Waals surface area contributed by atoms with Crippen LogP contribution in [0, 0.1) is 6.92 Å². The summed E-state index contributed by atoms with van der Waals surface area (Å²) in [6.07, 6.45) is 3.11. The van der Waals surface area contributed by atoms with Gasteiger partial charge < -0.3 is 14.4 Å². The van der Waals surface area contributed by atoms with Crippen LogP contribution >= 0.6 is 0 Å². The van der Waals surface area contributed by atoms with Crippen molar-refractivity contribution in [2.45, 2.75) is 38.8 Å². The van der Waals surface area contributed by atoms with Gasteiger partial charge in [0, 0.05) is 13.6 Å².